The first-order chi connectivity index (χ1) is 34.5. The highest BCUT2D eigenvalue weighted by Crippen LogP contribution is 2.38. The zero-order chi connectivity index (χ0) is 51.1. The van der Waals surface area contributed by atoms with Crippen molar-refractivity contribution < 1.29 is 46.6 Å². The summed E-state index contributed by atoms with van der Waals surface area (Å²) in [6.45, 7) is 7.00. The van der Waals surface area contributed by atoms with E-state index in [2.05, 4.69) is 62.0 Å². The van der Waals surface area contributed by atoms with Crippen molar-refractivity contribution >= 4 is 46.3 Å². The number of aromatic nitrogens is 3. The van der Waals surface area contributed by atoms with Gasteiger partial charge < -0.3 is 45.4 Å². The van der Waals surface area contributed by atoms with E-state index in [9.17, 15) is 37.1 Å². The summed E-state index contributed by atoms with van der Waals surface area (Å²) in [4.78, 5) is 84.4. The van der Waals surface area contributed by atoms with Gasteiger partial charge in [0.2, 0.25) is 29.5 Å². The lowest BCUT2D eigenvalue weighted by atomic mass is 9.78. The minimum Gasteiger partial charge on any atom is -0.381 e. The number of ether oxygens (including phenoxy) is 2. The molecular weight excluding hydrogens is 934 g/mol. The van der Waals surface area contributed by atoms with Crippen molar-refractivity contribution in [3.05, 3.63) is 60.2 Å². The molecule has 1 aromatic carbocycles. The molecule has 392 valence electrons. The summed E-state index contributed by atoms with van der Waals surface area (Å²) >= 11 is 0. The summed E-state index contributed by atoms with van der Waals surface area (Å²) in [7, 11) is 3.80. The number of pyridine rings is 1. The third kappa shape index (κ3) is 12.8. The minimum absolute atomic E-state index is 0.0614. The Kier molecular flexibility index (Phi) is 17.3. The van der Waals surface area contributed by atoms with Crippen LogP contribution in [0.4, 0.5) is 19.0 Å². The lowest BCUT2D eigenvalue weighted by Gasteiger charge is -2.45. The number of amides is 5. The van der Waals surface area contributed by atoms with Crippen LogP contribution in [0.5, 0.6) is 0 Å². The fraction of sp³-hybridized carbons (Fsp3) is 0.654. The van der Waals surface area contributed by atoms with E-state index in [4.69, 9.17) is 9.47 Å². The Bertz CT molecular complexity index is 2370. The number of fused-ring (bicyclic) bond motifs is 1. The fourth-order valence-corrected chi connectivity index (χ4v) is 11.4. The molecule has 0 unspecified atom stereocenters. The Morgan fingerprint density at radius 2 is 1.64 bits per heavy atom. The Balaban J connectivity index is 0.712. The normalized spacial score (nSPS) is 27.8. The van der Waals surface area contributed by atoms with Gasteiger partial charge in [0.15, 0.2) is 0 Å². The molecule has 17 nitrogen and oxygen atoms in total. The third-order valence-corrected chi connectivity index (χ3v) is 15.9. The van der Waals surface area contributed by atoms with Crippen molar-refractivity contribution in [2.45, 2.75) is 139 Å². The molecule has 4 N–H and O–H groups in total. The molecule has 72 heavy (non-hydrogen) atoms. The maximum atomic E-state index is 14.0. The highest BCUT2D eigenvalue weighted by atomic mass is 19.4. The molecule has 0 radical (unpaired) electrons. The number of rotatable bonds is 20. The van der Waals surface area contributed by atoms with Crippen LogP contribution in [-0.4, -0.2) is 149 Å². The van der Waals surface area contributed by atoms with Crippen LogP contribution >= 0.6 is 0 Å². The average Bonchev–Trinajstić information content (AvgIpc) is 3.87. The van der Waals surface area contributed by atoms with Gasteiger partial charge >= 0.3 is 6.18 Å². The van der Waals surface area contributed by atoms with Gasteiger partial charge in [-0.3, -0.25) is 29.0 Å². The second-order valence-electron chi connectivity index (χ2n) is 20.9. The molecule has 8 rings (SSSR count). The highest BCUT2D eigenvalue weighted by Gasteiger charge is 2.46. The van der Waals surface area contributed by atoms with Crippen LogP contribution in [0.2, 0.25) is 0 Å². The van der Waals surface area contributed by atoms with Gasteiger partial charge in [0, 0.05) is 88.0 Å². The van der Waals surface area contributed by atoms with Gasteiger partial charge in [-0.1, -0.05) is 6.07 Å². The number of nitrogens with one attached hydrogen (secondary N) is 4. The van der Waals surface area contributed by atoms with Crippen molar-refractivity contribution in [2.24, 2.45) is 23.7 Å². The summed E-state index contributed by atoms with van der Waals surface area (Å²) in [6.07, 6.45) is 8.24. The minimum atomic E-state index is -4.55. The van der Waals surface area contributed by atoms with Gasteiger partial charge in [0.1, 0.15) is 18.2 Å². The van der Waals surface area contributed by atoms with Gasteiger partial charge in [-0.2, -0.15) is 13.2 Å². The molecular formula is C52H71F3N10O7. The number of hydrogen-bond acceptors (Lipinski definition) is 12. The number of likely N-dealkylation sites (tertiary alicyclic amines) is 2. The Morgan fingerprint density at radius 1 is 0.903 bits per heavy atom. The fourth-order valence-electron chi connectivity index (χ4n) is 11.4. The first-order valence-corrected chi connectivity index (χ1v) is 25.8. The number of hydrogen-bond donors (Lipinski definition) is 4. The molecule has 5 amide bonds. The van der Waals surface area contributed by atoms with Gasteiger partial charge in [0.25, 0.3) is 0 Å². The number of halogens is 3. The molecule has 20 heteroatoms. The Labute approximate surface area is 419 Å². The lowest BCUT2D eigenvalue weighted by molar-refractivity contribution is -0.137. The number of anilines is 1. The van der Waals surface area contributed by atoms with Crippen molar-refractivity contribution in [1.82, 2.24) is 45.6 Å². The second kappa shape index (κ2) is 23.6. The topological polar surface area (TPSA) is 200 Å². The smallest absolute Gasteiger partial charge is 0.381 e. The van der Waals surface area contributed by atoms with E-state index in [0.29, 0.717) is 89.0 Å². The number of carbonyl (C=O) groups excluding carboxylic acids is 5. The van der Waals surface area contributed by atoms with Crippen molar-refractivity contribution in [3.63, 3.8) is 0 Å². The van der Waals surface area contributed by atoms with E-state index < -0.39 is 23.7 Å². The van der Waals surface area contributed by atoms with E-state index >= 15 is 0 Å². The second-order valence-corrected chi connectivity index (χ2v) is 20.9. The molecule has 0 bridgehead atoms. The monoisotopic (exact) mass is 1000 g/mol. The number of alkyl halides is 3. The number of carbonyl (C=O) groups is 5. The van der Waals surface area contributed by atoms with E-state index in [1.54, 1.807) is 24.3 Å². The molecule has 3 aliphatic carbocycles. The first kappa shape index (κ1) is 52.8. The molecule has 2 aromatic heterocycles. The van der Waals surface area contributed by atoms with Crippen molar-refractivity contribution in [2.75, 3.05) is 58.9 Å². The Hall–Kier alpha value is -5.47. The molecule has 5 aliphatic rings. The van der Waals surface area contributed by atoms with Crippen molar-refractivity contribution in [1.29, 1.82) is 0 Å². The predicted octanol–water partition coefficient (Wildman–Crippen LogP) is 5.26. The molecule has 3 aromatic rings. The third-order valence-electron chi connectivity index (χ3n) is 15.9. The average molecular weight is 1010 g/mol. The lowest BCUT2D eigenvalue weighted by Crippen LogP contribution is -2.60. The predicted molar refractivity (Wildman–Crippen MR) is 262 cm³/mol. The van der Waals surface area contributed by atoms with Gasteiger partial charge in [-0.05, 0) is 127 Å². The number of benzene rings is 1. The van der Waals surface area contributed by atoms with Crippen LogP contribution in [0.15, 0.2) is 49.1 Å². The van der Waals surface area contributed by atoms with Crippen LogP contribution in [0.3, 0.4) is 0 Å². The van der Waals surface area contributed by atoms with Crippen LogP contribution in [0.25, 0.3) is 10.9 Å². The molecule has 2 aliphatic heterocycles. The van der Waals surface area contributed by atoms with Gasteiger partial charge in [0.05, 0.1) is 48.3 Å². The summed E-state index contributed by atoms with van der Waals surface area (Å²) in [5.41, 5.74) is 0.350. The SMILES string of the molecule is CC(C)N(C)[C@@H]1CC[C@H](N2CC[C@H](Nc3ncnc4ccc(C(F)(F)F)cc34)C2=O)[C@H](NC(=O)C2CC(NC(=O)CCOCC3CCC(COCCNC(=O)[C@H]4CC(=O)N(C)[C@@H]4c4cccnc4)CC3)C2)C1. The summed E-state index contributed by atoms with van der Waals surface area (Å²) in [5, 5.41) is 12.6. The van der Waals surface area contributed by atoms with E-state index in [0.717, 1.165) is 49.8 Å². The van der Waals surface area contributed by atoms with Gasteiger partial charge in [-0.15, -0.1) is 0 Å². The molecule has 2 saturated heterocycles. The largest absolute Gasteiger partial charge is 0.416 e. The molecule has 5 fully saturated rings. The molecule has 3 saturated carbocycles. The standard InChI is InChI=1S/C52H71F3N10O7/c1-31(2)63(3)38-12-14-44(65-19-15-42(51(65)70)61-48-39-24-36(52(53,54)55)11-13-41(39)58-30-59-48)43(25-38)62-49(68)35-22-37(23-35)60-45(66)16-20-71-28-32-7-9-33(10-8-32)29-72-21-18-57-50(69)40-26-46(67)64(4)47(40)34-6-5-17-56-27-34/h5-6,11,13,17,24,27,30-33,35,37-38,40,42-44,47H,7-10,12,14-16,18-23,25-26,28-29H2,1-4H3,(H,57,69)(H,60,66)(H,62,68)(H,58,59,61)/t32?,33?,35?,37?,38-,40+,42+,43-,44+,47-/m1/s1. The van der Waals surface area contributed by atoms with E-state index in [1.807, 2.05) is 17.0 Å². The number of nitrogens with zero attached hydrogens (tertiary/aromatic N) is 6. The van der Waals surface area contributed by atoms with Crippen LogP contribution in [-0.2, 0) is 39.6 Å². The Morgan fingerprint density at radius 3 is 2.33 bits per heavy atom. The maximum Gasteiger partial charge on any atom is 0.416 e. The summed E-state index contributed by atoms with van der Waals surface area (Å²) in [5.74, 6) is -0.310. The molecule has 4 heterocycles. The quantitative estimate of drug-likeness (QED) is 0.107. The van der Waals surface area contributed by atoms with Crippen LogP contribution < -0.4 is 21.3 Å². The van der Waals surface area contributed by atoms with Crippen molar-refractivity contribution in [3.8, 4) is 0 Å². The van der Waals surface area contributed by atoms with E-state index in [-0.39, 0.29) is 95.8 Å². The summed E-state index contributed by atoms with van der Waals surface area (Å²) < 4.78 is 52.7. The van der Waals surface area contributed by atoms with Gasteiger partial charge in [-0.25, -0.2) is 9.97 Å². The zero-order valence-corrected chi connectivity index (χ0v) is 41.9. The highest BCUT2D eigenvalue weighted by molar-refractivity contribution is 5.93. The molecule has 0 spiro atoms. The zero-order valence-electron chi connectivity index (χ0n) is 41.9. The summed E-state index contributed by atoms with van der Waals surface area (Å²) in [6, 6.07) is 5.76. The van der Waals surface area contributed by atoms with Crippen LogP contribution in [0.1, 0.15) is 108 Å². The molecule has 6 atom stereocenters. The van der Waals surface area contributed by atoms with E-state index in [1.165, 1.54) is 12.4 Å². The first-order valence-electron chi connectivity index (χ1n) is 25.8. The van der Waals surface area contributed by atoms with Crippen LogP contribution in [0, 0.1) is 23.7 Å². The maximum absolute atomic E-state index is 14.0.